The highest BCUT2D eigenvalue weighted by atomic mass is 32.2. The van der Waals surface area contributed by atoms with Crippen molar-refractivity contribution in [1.29, 1.82) is 0 Å². The maximum Gasteiger partial charge on any atom is 0.309 e. The zero-order valence-electron chi connectivity index (χ0n) is 16.4. The van der Waals surface area contributed by atoms with Gasteiger partial charge in [-0.25, -0.2) is 8.42 Å². The van der Waals surface area contributed by atoms with E-state index in [9.17, 15) is 18.0 Å². The van der Waals surface area contributed by atoms with Crippen LogP contribution in [0.1, 0.15) is 5.56 Å². The maximum atomic E-state index is 12.8. The third-order valence-electron chi connectivity index (χ3n) is 4.57. The number of carbonyl (C=O) groups excluding carboxylic acids is 2. The molecule has 1 aliphatic heterocycles. The lowest BCUT2D eigenvalue weighted by Crippen LogP contribution is -2.47. The summed E-state index contributed by atoms with van der Waals surface area (Å²) < 4.78 is 37.4. The molecule has 1 saturated heterocycles. The Morgan fingerprint density at radius 2 is 1.73 bits per heavy atom. The van der Waals surface area contributed by atoms with Crippen LogP contribution >= 0.6 is 0 Å². The molecule has 2 aromatic carbocycles. The largest absolute Gasteiger partial charge is 0.496 e. The van der Waals surface area contributed by atoms with E-state index >= 15 is 0 Å². The molecule has 0 bridgehead atoms. The summed E-state index contributed by atoms with van der Waals surface area (Å²) in [6.07, 6.45) is -0.888. The summed E-state index contributed by atoms with van der Waals surface area (Å²) in [7, 11) is -2.25. The number of sulfonamides is 1. The summed E-state index contributed by atoms with van der Waals surface area (Å²) >= 11 is 0. The molecule has 30 heavy (non-hydrogen) atoms. The third-order valence-corrected chi connectivity index (χ3v) is 6.47. The molecule has 3 rings (SSSR count). The second-order valence-electron chi connectivity index (χ2n) is 6.46. The molecular formula is C20H23N3O6S. The van der Waals surface area contributed by atoms with Crippen LogP contribution < -0.4 is 15.4 Å². The van der Waals surface area contributed by atoms with E-state index in [0.29, 0.717) is 5.75 Å². The van der Waals surface area contributed by atoms with Crippen LogP contribution in [-0.2, 0) is 30.9 Å². The molecule has 9 nitrogen and oxygen atoms in total. The highest BCUT2D eigenvalue weighted by Gasteiger charge is 2.36. The van der Waals surface area contributed by atoms with Gasteiger partial charge in [0.1, 0.15) is 12.0 Å². The molecular weight excluding hydrogens is 410 g/mol. The number of rotatable bonds is 7. The lowest BCUT2D eigenvalue weighted by atomic mass is 10.2. The van der Waals surface area contributed by atoms with Gasteiger partial charge in [-0.1, -0.05) is 36.4 Å². The number of nitrogens with one attached hydrogen (secondary N) is 2. The Balaban J connectivity index is 1.55. The minimum absolute atomic E-state index is 0.116. The van der Waals surface area contributed by atoms with Gasteiger partial charge in [0.15, 0.2) is 0 Å². The molecule has 1 atom stereocenters. The number of amides is 2. The van der Waals surface area contributed by atoms with Crippen LogP contribution in [-0.4, -0.2) is 57.6 Å². The number of hydrogen-bond acceptors (Lipinski definition) is 6. The molecule has 2 aromatic rings. The minimum atomic E-state index is -3.77. The summed E-state index contributed by atoms with van der Waals surface area (Å²) in [5.41, 5.74) is 0.723. The molecule has 0 spiro atoms. The average Bonchev–Trinajstić information content (AvgIpc) is 3.26. The van der Waals surface area contributed by atoms with Crippen molar-refractivity contribution in [2.24, 2.45) is 0 Å². The zero-order chi connectivity index (χ0) is 21.6. The van der Waals surface area contributed by atoms with E-state index in [4.69, 9.17) is 9.47 Å². The van der Waals surface area contributed by atoms with Gasteiger partial charge in [0.05, 0.1) is 25.2 Å². The summed E-state index contributed by atoms with van der Waals surface area (Å²) in [5, 5.41) is 4.94. The molecule has 10 heteroatoms. The van der Waals surface area contributed by atoms with Crippen LogP contribution in [0.5, 0.6) is 5.75 Å². The first-order chi connectivity index (χ1) is 14.4. The number of carbonyl (C=O) groups is 2. The third kappa shape index (κ3) is 4.96. The van der Waals surface area contributed by atoms with Gasteiger partial charge in [-0.15, -0.1) is 0 Å². The van der Waals surface area contributed by atoms with Crippen molar-refractivity contribution >= 4 is 21.8 Å². The van der Waals surface area contributed by atoms with Gasteiger partial charge in [-0.05, 0) is 18.2 Å². The molecule has 1 fully saturated rings. The van der Waals surface area contributed by atoms with Crippen LogP contribution in [0.3, 0.4) is 0 Å². The zero-order valence-corrected chi connectivity index (χ0v) is 17.2. The molecule has 0 saturated carbocycles. The van der Waals surface area contributed by atoms with Crippen molar-refractivity contribution in [3.8, 4) is 5.75 Å². The Morgan fingerprint density at radius 1 is 1.07 bits per heavy atom. The summed E-state index contributed by atoms with van der Waals surface area (Å²) in [4.78, 5) is 24.3. The monoisotopic (exact) mass is 433 g/mol. The first-order valence-corrected chi connectivity index (χ1v) is 10.7. The fourth-order valence-electron chi connectivity index (χ4n) is 3.03. The normalized spacial score (nSPS) is 16.8. The molecule has 160 valence electrons. The first kappa shape index (κ1) is 21.8. The maximum absolute atomic E-state index is 12.8. The van der Waals surface area contributed by atoms with Crippen molar-refractivity contribution in [3.05, 3.63) is 60.2 Å². The molecule has 0 radical (unpaired) electrons. The summed E-state index contributed by atoms with van der Waals surface area (Å²) in [6.45, 7) is 0.335. The Kier molecular flexibility index (Phi) is 7.03. The van der Waals surface area contributed by atoms with E-state index < -0.39 is 28.1 Å². The first-order valence-electron chi connectivity index (χ1n) is 9.30. The van der Waals surface area contributed by atoms with Crippen LogP contribution in [0.15, 0.2) is 59.5 Å². The van der Waals surface area contributed by atoms with Crippen molar-refractivity contribution in [3.63, 3.8) is 0 Å². The number of benzene rings is 2. The van der Waals surface area contributed by atoms with Gasteiger partial charge in [-0.3, -0.25) is 9.59 Å². The number of methoxy groups -OCH3 is 1. The Morgan fingerprint density at radius 3 is 2.47 bits per heavy atom. The highest BCUT2D eigenvalue weighted by molar-refractivity contribution is 7.89. The van der Waals surface area contributed by atoms with Gasteiger partial charge in [0.2, 0.25) is 10.0 Å². The number of hydrogen-bond donors (Lipinski definition) is 2. The van der Waals surface area contributed by atoms with Crippen molar-refractivity contribution in [2.45, 2.75) is 17.7 Å². The van der Waals surface area contributed by atoms with E-state index in [-0.39, 0.29) is 31.1 Å². The second-order valence-corrected chi connectivity index (χ2v) is 8.35. The van der Waals surface area contributed by atoms with E-state index in [1.165, 1.54) is 23.5 Å². The van der Waals surface area contributed by atoms with Gasteiger partial charge in [-0.2, -0.15) is 4.31 Å². The average molecular weight is 433 g/mol. The van der Waals surface area contributed by atoms with E-state index in [2.05, 4.69) is 10.6 Å². The summed E-state index contributed by atoms with van der Waals surface area (Å²) in [6, 6.07) is 15.1. The Bertz CT molecular complexity index is 997. The fraction of sp³-hybridized carbons (Fsp3) is 0.300. The van der Waals surface area contributed by atoms with E-state index in [1.54, 1.807) is 42.5 Å². The Labute approximate surface area is 175 Å². The molecule has 0 unspecified atom stereocenters. The number of para-hydroxylation sites is 1. The fourth-order valence-corrected chi connectivity index (χ4v) is 4.57. The van der Waals surface area contributed by atoms with Gasteiger partial charge in [0.25, 0.3) is 0 Å². The number of ether oxygens (including phenoxy) is 2. The lowest BCUT2D eigenvalue weighted by molar-refractivity contribution is -0.139. The molecule has 0 aliphatic carbocycles. The molecule has 1 aliphatic rings. The number of nitrogens with zero attached hydrogens (tertiary/aromatic N) is 1. The van der Waals surface area contributed by atoms with E-state index in [0.717, 1.165) is 5.56 Å². The lowest BCUT2D eigenvalue weighted by Gasteiger charge is -2.22. The smallest absolute Gasteiger partial charge is 0.309 e. The van der Waals surface area contributed by atoms with Crippen molar-refractivity contribution in [1.82, 2.24) is 14.9 Å². The van der Waals surface area contributed by atoms with Gasteiger partial charge < -0.3 is 20.1 Å². The quantitative estimate of drug-likeness (QED) is 0.614. The molecule has 0 aromatic heterocycles. The molecule has 2 N–H and O–H groups in total. The predicted molar refractivity (Wildman–Crippen MR) is 108 cm³/mol. The van der Waals surface area contributed by atoms with Crippen LogP contribution in [0.4, 0.5) is 0 Å². The predicted octanol–water partition coefficient (Wildman–Crippen LogP) is 0.475. The Hall–Kier alpha value is -2.95. The van der Waals surface area contributed by atoms with Crippen molar-refractivity contribution < 1.29 is 27.5 Å². The van der Waals surface area contributed by atoms with Gasteiger partial charge >= 0.3 is 11.8 Å². The topological polar surface area (TPSA) is 114 Å². The van der Waals surface area contributed by atoms with E-state index in [1.807, 2.05) is 0 Å². The highest BCUT2D eigenvalue weighted by Crippen LogP contribution is 2.21. The SMILES string of the molecule is COc1ccccc1CNC(=O)C(=O)NC[C@@H]1OCCN1S(=O)(=O)c1ccccc1. The molecule has 2 amide bonds. The van der Waals surface area contributed by atoms with Gasteiger partial charge in [0, 0.05) is 18.7 Å². The second kappa shape index (κ2) is 9.70. The van der Waals surface area contributed by atoms with Crippen molar-refractivity contribution in [2.75, 3.05) is 26.8 Å². The van der Waals surface area contributed by atoms with Crippen LogP contribution in [0.25, 0.3) is 0 Å². The molecule has 1 heterocycles. The minimum Gasteiger partial charge on any atom is -0.496 e. The summed E-state index contributed by atoms with van der Waals surface area (Å²) in [5.74, 6) is -1.12. The van der Waals surface area contributed by atoms with Crippen LogP contribution in [0, 0.1) is 0 Å². The van der Waals surface area contributed by atoms with Crippen LogP contribution in [0.2, 0.25) is 0 Å². The standard InChI is InChI=1S/C20H23N3O6S/c1-28-17-10-6-5-7-15(17)13-21-19(24)20(25)22-14-18-23(11-12-29-18)30(26,27)16-8-3-2-4-9-16/h2-10,18H,11-14H2,1H3,(H,21,24)(H,22,25)/t18-/m0/s1.